The predicted octanol–water partition coefficient (Wildman–Crippen LogP) is 2.47. The number of carbonyl (C=O) groups is 2. The van der Waals surface area contributed by atoms with Crippen molar-refractivity contribution >= 4 is 22.7 Å². The topological polar surface area (TPSA) is 62.7 Å². The summed E-state index contributed by atoms with van der Waals surface area (Å²) < 4.78 is 6.04. The van der Waals surface area contributed by atoms with Crippen molar-refractivity contribution in [3.63, 3.8) is 0 Å². The molecule has 1 unspecified atom stereocenters. The second-order valence-corrected chi connectivity index (χ2v) is 7.44. The largest absolute Gasteiger partial charge is 0.472 e. The van der Waals surface area contributed by atoms with E-state index < -0.39 is 0 Å². The number of para-hydroxylation sites is 1. The van der Waals surface area contributed by atoms with Crippen molar-refractivity contribution < 1.29 is 14.3 Å². The van der Waals surface area contributed by atoms with Crippen molar-refractivity contribution in [1.29, 1.82) is 0 Å². The molecular formula is C21H25N3O3. The molecule has 2 aliphatic heterocycles. The first-order valence-corrected chi connectivity index (χ1v) is 9.67. The first-order valence-electron chi connectivity index (χ1n) is 9.67. The van der Waals surface area contributed by atoms with Gasteiger partial charge in [0.05, 0.1) is 12.1 Å². The molecule has 2 aromatic rings. The molecule has 2 saturated heterocycles. The zero-order chi connectivity index (χ0) is 18.8. The van der Waals surface area contributed by atoms with E-state index in [2.05, 4.69) is 4.98 Å². The van der Waals surface area contributed by atoms with Crippen molar-refractivity contribution in [3.05, 3.63) is 36.4 Å². The number of pyridine rings is 1. The Labute approximate surface area is 159 Å². The number of amides is 2. The Morgan fingerprint density at radius 1 is 1.00 bits per heavy atom. The molecule has 2 fully saturated rings. The van der Waals surface area contributed by atoms with Crippen molar-refractivity contribution in [2.24, 2.45) is 5.92 Å². The third-order valence-electron chi connectivity index (χ3n) is 5.61. The molecule has 0 spiro atoms. The molecule has 142 valence electrons. The molecule has 1 aromatic carbocycles. The number of rotatable bonds is 3. The Bertz CT molecular complexity index is 845. The van der Waals surface area contributed by atoms with Gasteiger partial charge in [-0.3, -0.25) is 9.59 Å². The van der Waals surface area contributed by atoms with Gasteiger partial charge in [0.25, 0.3) is 0 Å². The van der Waals surface area contributed by atoms with E-state index in [1.165, 1.54) is 0 Å². The maximum absolute atomic E-state index is 12.8. The molecular weight excluding hydrogens is 342 g/mol. The Morgan fingerprint density at radius 2 is 1.74 bits per heavy atom. The van der Waals surface area contributed by atoms with Crippen LogP contribution in [0.15, 0.2) is 36.4 Å². The highest BCUT2D eigenvalue weighted by molar-refractivity contribution is 5.80. The van der Waals surface area contributed by atoms with Crippen LogP contribution < -0.4 is 4.74 Å². The molecule has 27 heavy (non-hydrogen) atoms. The van der Waals surface area contributed by atoms with Crippen molar-refractivity contribution in [3.8, 4) is 5.88 Å². The van der Waals surface area contributed by atoms with Crippen LogP contribution in [0.3, 0.4) is 0 Å². The van der Waals surface area contributed by atoms with Gasteiger partial charge in [0.2, 0.25) is 17.7 Å². The van der Waals surface area contributed by atoms with Crippen LogP contribution in [0.2, 0.25) is 0 Å². The maximum atomic E-state index is 12.8. The average Bonchev–Trinajstić information content (AvgIpc) is 3.16. The number of hydrogen-bond acceptors (Lipinski definition) is 4. The SMILES string of the molecule is CC(=O)N1CCC(C(=O)N2CCC(Oc3ccc4ccccc4n3)C2)CC1. The summed E-state index contributed by atoms with van der Waals surface area (Å²) in [6.45, 7) is 4.29. The summed E-state index contributed by atoms with van der Waals surface area (Å²) in [5, 5.41) is 1.09. The smallest absolute Gasteiger partial charge is 0.225 e. The lowest BCUT2D eigenvalue weighted by atomic mass is 9.95. The molecule has 2 amide bonds. The fraction of sp³-hybridized carbons (Fsp3) is 0.476. The minimum Gasteiger partial charge on any atom is -0.472 e. The van der Waals surface area contributed by atoms with Crippen LogP contribution in [-0.4, -0.2) is 58.9 Å². The van der Waals surface area contributed by atoms with E-state index >= 15 is 0 Å². The highest BCUT2D eigenvalue weighted by Gasteiger charge is 2.34. The minimum atomic E-state index is -0.0140. The standard InChI is InChI=1S/C21H25N3O3/c1-15(25)23-11-8-17(9-12-23)21(26)24-13-10-18(14-24)27-20-7-6-16-4-2-3-5-19(16)22-20/h2-7,17-18H,8-14H2,1H3. The Morgan fingerprint density at radius 3 is 2.52 bits per heavy atom. The van der Waals surface area contributed by atoms with Gasteiger partial charge in [0.1, 0.15) is 6.10 Å². The quantitative estimate of drug-likeness (QED) is 0.836. The summed E-state index contributed by atoms with van der Waals surface area (Å²) >= 11 is 0. The summed E-state index contributed by atoms with van der Waals surface area (Å²) in [6, 6.07) is 11.9. The van der Waals surface area contributed by atoms with Gasteiger partial charge in [0, 0.05) is 50.3 Å². The molecule has 6 heteroatoms. The second kappa shape index (κ2) is 7.55. The van der Waals surface area contributed by atoms with E-state index in [0.717, 1.165) is 36.7 Å². The average molecular weight is 367 g/mol. The van der Waals surface area contributed by atoms with Gasteiger partial charge in [-0.2, -0.15) is 0 Å². The summed E-state index contributed by atoms with van der Waals surface area (Å²) in [5.41, 5.74) is 0.915. The number of benzene rings is 1. The second-order valence-electron chi connectivity index (χ2n) is 7.44. The molecule has 6 nitrogen and oxygen atoms in total. The molecule has 0 saturated carbocycles. The van der Waals surface area contributed by atoms with E-state index in [-0.39, 0.29) is 23.8 Å². The predicted molar refractivity (Wildman–Crippen MR) is 102 cm³/mol. The first-order chi connectivity index (χ1) is 13.1. The molecule has 1 atom stereocenters. The number of aromatic nitrogens is 1. The van der Waals surface area contributed by atoms with Gasteiger partial charge >= 0.3 is 0 Å². The number of ether oxygens (including phenoxy) is 1. The maximum Gasteiger partial charge on any atom is 0.225 e. The summed E-state index contributed by atoms with van der Waals surface area (Å²) in [7, 11) is 0. The van der Waals surface area contributed by atoms with Crippen molar-refractivity contribution in [1.82, 2.24) is 14.8 Å². The third kappa shape index (κ3) is 3.89. The normalized spacial score (nSPS) is 20.9. The molecule has 0 N–H and O–H groups in total. The molecule has 0 radical (unpaired) electrons. The summed E-state index contributed by atoms with van der Waals surface area (Å²) in [5.74, 6) is 0.940. The summed E-state index contributed by atoms with van der Waals surface area (Å²) in [4.78, 5) is 32.5. The number of hydrogen-bond donors (Lipinski definition) is 0. The minimum absolute atomic E-state index is 0.0140. The molecule has 0 bridgehead atoms. The van der Waals surface area contributed by atoms with E-state index in [0.29, 0.717) is 25.5 Å². The van der Waals surface area contributed by atoms with Gasteiger partial charge in [0.15, 0.2) is 0 Å². The van der Waals surface area contributed by atoms with Crippen molar-refractivity contribution in [2.45, 2.75) is 32.3 Å². The third-order valence-corrected chi connectivity index (χ3v) is 5.61. The fourth-order valence-corrected chi connectivity index (χ4v) is 4.01. The van der Waals surface area contributed by atoms with Gasteiger partial charge in [-0.15, -0.1) is 0 Å². The number of piperidine rings is 1. The lowest BCUT2D eigenvalue weighted by Gasteiger charge is -2.32. The van der Waals surface area contributed by atoms with E-state index in [9.17, 15) is 9.59 Å². The highest BCUT2D eigenvalue weighted by atomic mass is 16.5. The lowest BCUT2D eigenvalue weighted by Crippen LogP contribution is -2.43. The number of likely N-dealkylation sites (tertiary alicyclic amines) is 2. The van der Waals surface area contributed by atoms with E-state index in [1.807, 2.05) is 46.2 Å². The van der Waals surface area contributed by atoms with Crippen LogP contribution in [0, 0.1) is 5.92 Å². The molecule has 2 aliphatic rings. The van der Waals surface area contributed by atoms with E-state index in [4.69, 9.17) is 4.74 Å². The van der Waals surface area contributed by atoms with Crippen LogP contribution in [0.1, 0.15) is 26.2 Å². The lowest BCUT2D eigenvalue weighted by molar-refractivity contribution is -0.139. The zero-order valence-corrected chi connectivity index (χ0v) is 15.6. The van der Waals surface area contributed by atoms with Crippen molar-refractivity contribution in [2.75, 3.05) is 26.2 Å². The monoisotopic (exact) mass is 367 g/mol. The van der Waals surface area contributed by atoms with Gasteiger partial charge in [-0.25, -0.2) is 4.98 Å². The summed E-state index contributed by atoms with van der Waals surface area (Å²) in [6.07, 6.45) is 2.33. The Balaban J connectivity index is 1.33. The molecule has 4 rings (SSSR count). The van der Waals surface area contributed by atoms with Crippen LogP contribution in [0.5, 0.6) is 5.88 Å². The Kier molecular flexibility index (Phi) is 4.97. The molecule has 3 heterocycles. The van der Waals surface area contributed by atoms with Gasteiger partial charge in [-0.1, -0.05) is 18.2 Å². The van der Waals surface area contributed by atoms with Crippen LogP contribution in [0.25, 0.3) is 10.9 Å². The Hall–Kier alpha value is -2.63. The van der Waals surface area contributed by atoms with E-state index in [1.54, 1.807) is 6.92 Å². The number of carbonyl (C=O) groups excluding carboxylic acids is 2. The number of fused-ring (bicyclic) bond motifs is 1. The molecule has 0 aliphatic carbocycles. The van der Waals surface area contributed by atoms with Gasteiger partial charge in [-0.05, 0) is 25.0 Å². The van der Waals surface area contributed by atoms with Crippen LogP contribution in [-0.2, 0) is 9.59 Å². The fourth-order valence-electron chi connectivity index (χ4n) is 4.01. The number of nitrogens with zero attached hydrogens (tertiary/aromatic N) is 3. The first kappa shape index (κ1) is 17.8. The zero-order valence-electron chi connectivity index (χ0n) is 15.6. The molecule has 1 aromatic heterocycles. The van der Waals surface area contributed by atoms with Gasteiger partial charge < -0.3 is 14.5 Å². The van der Waals surface area contributed by atoms with Crippen LogP contribution >= 0.6 is 0 Å². The van der Waals surface area contributed by atoms with Crippen LogP contribution in [0.4, 0.5) is 0 Å². The highest BCUT2D eigenvalue weighted by Crippen LogP contribution is 2.24.